The van der Waals surface area contributed by atoms with Crippen LogP contribution >= 0.6 is 0 Å². The van der Waals surface area contributed by atoms with E-state index < -0.39 is 11.7 Å². The van der Waals surface area contributed by atoms with E-state index >= 15 is 0 Å². The average molecular weight is 261 g/mol. The zero-order valence-corrected chi connectivity index (χ0v) is 10.9. The Hall–Kier alpha value is -2.10. The van der Waals surface area contributed by atoms with E-state index in [1.54, 1.807) is 0 Å². The molecule has 0 saturated heterocycles. The van der Waals surface area contributed by atoms with Gasteiger partial charge in [0.05, 0.1) is 6.54 Å². The molecule has 100 valence electrons. The van der Waals surface area contributed by atoms with Crippen LogP contribution in [-0.2, 0) is 11.3 Å². The van der Waals surface area contributed by atoms with Crippen LogP contribution in [0.3, 0.4) is 0 Å². The van der Waals surface area contributed by atoms with Gasteiger partial charge in [-0.2, -0.15) is 0 Å². The first-order valence-electron chi connectivity index (χ1n) is 6.23. The minimum absolute atomic E-state index is 0.254. The first-order chi connectivity index (χ1) is 9.11. The largest absolute Gasteiger partial charge is 0.459 e. The number of para-hydroxylation sites is 1. The monoisotopic (exact) mass is 261 g/mol. The highest BCUT2D eigenvalue weighted by atomic mass is 19.1. The second kappa shape index (κ2) is 5.69. The SMILES string of the molecule is C=C(F)C(=O)N(CCC)Cc1cc2ccccc2o1. The zero-order chi connectivity index (χ0) is 13.8. The Morgan fingerprint density at radius 1 is 1.42 bits per heavy atom. The van der Waals surface area contributed by atoms with Gasteiger partial charge >= 0.3 is 0 Å². The highest BCUT2D eigenvalue weighted by Gasteiger charge is 2.18. The molecule has 0 aliphatic carbocycles. The molecule has 0 saturated carbocycles. The molecule has 0 unspecified atom stereocenters. The summed E-state index contributed by atoms with van der Waals surface area (Å²) < 4.78 is 18.6. The van der Waals surface area contributed by atoms with Crippen LogP contribution in [0.15, 0.2) is 47.2 Å². The molecule has 0 radical (unpaired) electrons. The molecule has 19 heavy (non-hydrogen) atoms. The van der Waals surface area contributed by atoms with E-state index in [1.165, 1.54) is 4.90 Å². The Balaban J connectivity index is 2.20. The highest BCUT2D eigenvalue weighted by molar-refractivity contribution is 5.90. The van der Waals surface area contributed by atoms with Crippen LogP contribution < -0.4 is 0 Å². The number of nitrogens with zero attached hydrogens (tertiary/aromatic N) is 1. The third kappa shape index (κ3) is 3.02. The summed E-state index contributed by atoms with van der Waals surface area (Å²) in [7, 11) is 0. The van der Waals surface area contributed by atoms with Crippen molar-refractivity contribution in [2.75, 3.05) is 6.54 Å². The van der Waals surface area contributed by atoms with Gasteiger partial charge in [0.25, 0.3) is 5.91 Å². The molecular formula is C15H16FNO2. The Kier molecular flexibility index (Phi) is 4.00. The summed E-state index contributed by atoms with van der Waals surface area (Å²) in [6.45, 7) is 5.71. The quantitative estimate of drug-likeness (QED) is 0.770. The van der Waals surface area contributed by atoms with Crippen LogP contribution in [0.25, 0.3) is 11.0 Å². The number of hydrogen-bond acceptors (Lipinski definition) is 2. The fraction of sp³-hybridized carbons (Fsp3) is 0.267. The van der Waals surface area contributed by atoms with Gasteiger partial charge in [-0.05, 0) is 18.6 Å². The third-order valence-electron chi connectivity index (χ3n) is 2.84. The molecule has 0 aliphatic rings. The predicted octanol–water partition coefficient (Wildman–Crippen LogP) is 3.65. The van der Waals surface area contributed by atoms with E-state index in [2.05, 4.69) is 6.58 Å². The normalized spacial score (nSPS) is 10.6. The molecular weight excluding hydrogens is 245 g/mol. The molecule has 1 amide bonds. The molecule has 2 rings (SSSR count). The number of carbonyl (C=O) groups is 1. The predicted molar refractivity (Wildman–Crippen MR) is 72.2 cm³/mol. The van der Waals surface area contributed by atoms with Crippen LogP contribution in [-0.4, -0.2) is 17.4 Å². The fourth-order valence-electron chi connectivity index (χ4n) is 2.00. The topological polar surface area (TPSA) is 33.5 Å². The lowest BCUT2D eigenvalue weighted by Gasteiger charge is -2.19. The van der Waals surface area contributed by atoms with Gasteiger partial charge in [-0.3, -0.25) is 4.79 Å². The molecule has 3 nitrogen and oxygen atoms in total. The summed E-state index contributed by atoms with van der Waals surface area (Å²) in [4.78, 5) is 13.1. The van der Waals surface area contributed by atoms with Crippen molar-refractivity contribution in [3.05, 3.63) is 48.5 Å². The lowest BCUT2D eigenvalue weighted by atomic mass is 10.2. The van der Waals surface area contributed by atoms with Crippen LogP contribution in [0, 0.1) is 0 Å². The summed E-state index contributed by atoms with van der Waals surface area (Å²) in [5.41, 5.74) is 0.764. The van der Waals surface area contributed by atoms with Gasteiger partial charge in [-0.25, -0.2) is 4.39 Å². The molecule has 4 heteroatoms. The van der Waals surface area contributed by atoms with E-state index in [4.69, 9.17) is 4.42 Å². The van der Waals surface area contributed by atoms with Gasteiger partial charge < -0.3 is 9.32 Å². The van der Waals surface area contributed by atoms with Crippen molar-refractivity contribution < 1.29 is 13.6 Å². The Morgan fingerprint density at radius 3 is 2.79 bits per heavy atom. The van der Waals surface area contributed by atoms with Crippen molar-refractivity contribution in [1.29, 1.82) is 0 Å². The zero-order valence-electron chi connectivity index (χ0n) is 10.9. The van der Waals surface area contributed by atoms with Crippen molar-refractivity contribution in [2.45, 2.75) is 19.9 Å². The fourth-order valence-corrected chi connectivity index (χ4v) is 2.00. The first kappa shape index (κ1) is 13.3. The summed E-state index contributed by atoms with van der Waals surface area (Å²) in [6, 6.07) is 9.46. The maximum atomic E-state index is 13.0. The molecule has 0 bridgehead atoms. The first-order valence-corrected chi connectivity index (χ1v) is 6.23. The molecule has 0 N–H and O–H groups in total. The summed E-state index contributed by atoms with van der Waals surface area (Å²) in [5.74, 6) is -0.976. The summed E-state index contributed by atoms with van der Waals surface area (Å²) in [6.07, 6.45) is 0.749. The average Bonchev–Trinajstić information content (AvgIpc) is 2.79. The number of halogens is 1. The number of fused-ring (bicyclic) bond motifs is 1. The van der Waals surface area contributed by atoms with Crippen molar-refractivity contribution in [3.63, 3.8) is 0 Å². The van der Waals surface area contributed by atoms with Gasteiger partial charge in [0.15, 0.2) is 5.83 Å². The second-order valence-electron chi connectivity index (χ2n) is 4.38. The van der Waals surface area contributed by atoms with E-state index in [-0.39, 0.29) is 6.54 Å². The highest BCUT2D eigenvalue weighted by Crippen LogP contribution is 2.20. The molecule has 2 aromatic rings. The van der Waals surface area contributed by atoms with Gasteiger partial charge in [-0.15, -0.1) is 0 Å². The maximum absolute atomic E-state index is 13.0. The van der Waals surface area contributed by atoms with Crippen LogP contribution in [0.2, 0.25) is 0 Å². The lowest BCUT2D eigenvalue weighted by molar-refractivity contribution is -0.129. The smallest absolute Gasteiger partial charge is 0.282 e. The molecule has 0 aliphatic heterocycles. The van der Waals surface area contributed by atoms with Crippen molar-refractivity contribution in [3.8, 4) is 0 Å². The lowest BCUT2D eigenvalue weighted by Crippen LogP contribution is -2.31. The number of hydrogen-bond donors (Lipinski definition) is 0. The Bertz CT molecular complexity index is 570. The molecule has 1 aromatic carbocycles. The molecule has 0 atom stereocenters. The van der Waals surface area contributed by atoms with Crippen molar-refractivity contribution >= 4 is 16.9 Å². The summed E-state index contributed by atoms with van der Waals surface area (Å²) >= 11 is 0. The van der Waals surface area contributed by atoms with E-state index in [0.717, 1.165) is 17.4 Å². The van der Waals surface area contributed by atoms with Gasteiger partial charge in [-0.1, -0.05) is 31.7 Å². The number of amides is 1. The van der Waals surface area contributed by atoms with E-state index in [0.29, 0.717) is 12.3 Å². The minimum Gasteiger partial charge on any atom is -0.459 e. The van der Waals surface area contributed by atoms with Crippen LogP contribution in [0.4, 0.5) is 4.39 Å². The summed E-state index contributed by atoms with van der Waals surface area (Å²) in [5, 5.41) is 0.973. The van der Waals surface area contributed by atoms with Crippen molar-refractivity contribution in [1.82, 2.24) is 4.90 Å². The number of benzene rings is 1. The van der Waals surface area contributed by atoms with Gasteiger partial charge in [0.2, 0.25) is 0 Å². The third-order valence-corrected chi connectivity index (χ3v) is 2.84. The molecule has 1 heterocycles. The molecule has 1 aromatic heterocycles. The van der Waals surface area contributed by atoms with Crippen molar-refractivity contribution in [2.24, 2.45) is 0 Å². The van der Waals surface area contributed by atoms with E-state index in [1.807, 2.05) is 37.3 Å². The standard InChI is InChI=1S/C15H16FNO2/c1-3-8-17(15(18)11(2)16)10-13-9-12-6-4-5-7-14(12)19-13/h4-7,9H,2-3,8,10H2,1H3. The second-order valence-corrected chi connectivity index (χ2v) is 4.38. The van der Waals surface area contributed by atoms with Crippen LogP contribution in [0.1, 0.15) is 19.1 Å². The maximum Gasteiger partial charge on any atom is 0.282 e. The van der Waals surface area contributed by atoms with Gasteiger partial charge in [0, 0.05) is 11.9 Å². The van der Waals surface area contributed by atoms with Gasteiger partial charge in [0.1, 0.15) is 11.3 Å². The minimum atomic E-state index is -0.940. The number of furan rings is 1. The molecule has 0 fully saturated rings. The Labute approximate surface area is 111 Å². The van der Waals surface area contributed by atoms with Crippen LogP contribution in [0.5, 0.6) is 0 Å². The number of carbonyl (C=O) groups excluding carboxylic acids is 1. The molecule has 0 spiro atoms. The van der Waals surface area contributed by atoms with E-state index in [9.17, 15) is 9.18 Å². The Morgan fingerprint density at radius 2 is 2.16 bits per heavy atom. The number of rotatable bonds is 5.